The number of nitrogens with zero attached hydrogens (tertiary/aromatic N) is 2. The highest BCUT2D eigenvalue weighted by atomic mass is 16.5. The van der Waals surface area contributed by atoms with Gasteiger partial charge in [-0.2, -0.15) is 0 Å². The van der Waals surface area contributed by atoms with Crippen LogP contribution in [0.1, 0.15) is 37.8 Å². The Labute approximate surface area is 355 Å². The molecule has 0 amide bonds. The first kappa shape index (κ1) is 40.1. The Morgan fingerprint density at radius 1 is 0.283 bits per heavy atom. The van der Waals surface area contributed by atoms with Gasteiger partial charge in [0.25, 0.3) is 0 Å². The van der Waals surface area contributed by atoms with Crippen LogP contribution in [0.25, 0.3) is 33.4 Å². The van der Waals surface area contributed by atoms with Crippen molar-refractivity contribution in [3.8, 4) is 33.4 Å². The molecule has 0 aromatic heterocycles. The molecular formula is C56H52N2O2. The quantitative estimate of drug-likeness (QED) is 0.0859. The second kappa shape index (κ2) is 19.8. The SMILES string of the molecule is CCCOCc1ccc(N(c2ccc(-c3ccccc3)cc2)c2ccc(-c3ccc(N(c4ccc(COCCC)cc4)c4ccc(-c5ccccc5)cc4)cc3)cc2)cc1. The zero-order chi connectivity index (χ0) is 40.9. The molecule has 0 spiro atoms. The predicted octanol–water partition coefficient (Wildman–Crippen LogP) is 15.5. The van der Waals surface area contributed by atoms with Gasteiger partial charge in [-0.3, -0.25) is 0 Å². The van der Waals surface area contributed by atoms with Gasteiger partial charge in [-0.25, -0.2) is 0 Å². The molecule has 0 unspecified atom stereocenters. The van der Waals surface area contributed by atoms with Gasteiger partial charge in [-0.15, -0.1) is 0 Å². The third-order valence-electron chi connectivity index (χ3n) is 10.7. The normalized spacial score (nSPS) is 11.0. The van der Waals surface area contributed by atoms with Gasteiger partial charge in [0.2, 0.25) is 0 Å². The lowest BCUT2D eigenvalue weighted by Gasteiger charge is -2.27. The van der Waals surface area contributed by atoms with E-state index in [2.05, 4.69) is 230 Å². The zero-order valence-electron chi connectivity index (χ0n) is 34.6. The fourth-order valence-corrected chi connectivity index (χ4v) is 7.52. The molecule has 298 valence electrons. The summed E-state index contributed by atoms with van der Waals surface area (Å²) in [6.07, 6.45) is 2.02. The number of anilines is 6. The van der Waals surface area contributed by atoms with E-state index in [0.29, 0.717) is 13.2 Å². The Morgan fingerprint density at radius 3 is 0.767 bits per heavy atom. The topological polar surface area (TPSA) is 24.9 Å². The van der Waals surface area contributed by atoms with Crippen molar-refractivity contribution in [1.82, 2.24) is 0 Å². The van der Waals surface area contributed by atoms with Crippen LogP contribution in [0.4, 0.5) is 34.1 Å². The van der Waals surface area contributed by atoms with E-state index in [9.17, 15) is 0 Å². The molecular weight excluding hydrogens is 733 g/mol. The predicted molar refractivity (Wildman–Crippen MR) is 252 cm³/mol. The van der Waals surface area contributed by atoms with Gasteiger partial charge >= 0.3 is 0 Å². The highest BCUT2D eigenvalue weighted by Crippen LogP contribution is 2.39. The molecule has 4 nitrogen and oxygen atoms in total. The smallest absolute Gasteiger partial charge is 0.0716 e. The standard InChI is InChI=1S/C56H52N2O2/c1-3-39-59-41-43-15-27-51(28-16-43)57(53-31-19-47(20-32-53)45-11-7-5-8-12-45)55-35-23-49(24-36-55)50-25-37-56(38-26-50)58(52-29-17-44(18-30-52)42-60-40-4-2)54-33-21-48(22-34-54)46-13-9-6-10-14-46/h5-38H,3-4,39-42H2,1-2H3. The van der Waals surface area contributed by atoms with Crippen molar-refractivity contribution in [2.45, 2.75) is 39.9 Å². The Bertz CT molecular complexity index is 2320. The van der Waals surface area contributed by atoms with Crippen LogP contribution in [0.5, 0.6) is 0 Å². The van der Waals surface area contributed by atoms with Crippen LogP contribution in [0.3, 0.4) is 0 Å². The second-order valence-corrected chi connectivity index (χ2v) is 15.0. The first-order valence-corrected chi connectivity index (χ1v) is 21.1. The maximum absolute atomic E-state index is 5.83. The third kappa shape index (κ3) is 9.76. The summed E-state index contributed by atoms with van der Waals surface area (Å²) in [6.45, 7) is 7.04. The minimum Gasteiger partial charge on any atom is -0.377 e. The lowest BCUT2D eigenvalue weighted by Crippen LogP contribution is -2.10. The molecule has 8 aromatic rings. The number of benzene rings is 8. The van der Waals surface area contributed by atoms with Crippen LogP contribution in [0, 0.1) is 0 Å². The summed E-state index contributed by atoms with van der Waals surface area (Å²) in [7, 11) is 0. The first-order valence-electron chi connectivity index (χ1n) is 21.1. The van der Waals surface area contributed by atoms with Crippen molar-refractivity contribution in [2.24, 2.45) is 0 Å². The van der Waals surface area contributed by atoms with Crippen molar-refractivity contribution < 1.29 is 9.47 Å². The van der Waals surface area contributed by atoms with E-state index in [-0.39, 0.29) is 0 Å². The van der Waals surface area contributed by atoms with Crippen molar-refractivity contribution in [3.05, 3.63) is 217 Å². The van der Waals surface area contributed by atoms with Crippen molar-refractivity contribution >= 4 is 34.1 Å². The average molecular weight is 785 g/mol. The van der Waals surface area contributed by atoms with Gasteiger partial charge in [0.15, 0.2) is 0 Å². The maximum Gasteiger partial charge on any atom is 0.0716 e. The highest BCUT2D eigenvalue weighted by Gasteiger charge is 2.16. The third-order valence-corrected chi connectivity index (χ3v) is 10.7. The van der Waals surface area contributed by atoms with E-state index >= 15 is 0 Å². The number of rotatable bonds is 17. The molecule has 4 heteroatoms. The maximum atomic E-state index is 5.83. The van der Waals surface area contributed by atoms with E-state index < -0.39 is 0 Å². The molecule has 0 aliphatic carbocycles. The summed E-state index contributed by atoms with van der Waals surface area (Å²) in [6, 6.07) is 74.0. The summed E-state index contributed by atoms with van der Waals surface area (Å²) in [5.74, 6) is 0. The molecule has 0 saturated heterocycles. The largest absolute Gasteiger partial charge is 0.377 e. The Morgan fingerprint density at radius 2 is 0.517 bits per heavy atom. The van der Waals surface area contributed by atoms with Gasteiger partial charge in [-0.05, 0) is 130 Å². The average Bonchev–Trinajstić information content (AvgIpc) is 3.32. The highest BCUT2D eigenvalue weighted by molar-refractivity contribution is 5.82. The molecule has 0 fully saturated rings. The van der Waals surface area contributed by atoms with Crippen LogP contribution in [0.15, 0.2) is 206 Å². The minimum atomic E-state index is 0.618. The summed E-state index contributed by atoms with van der Waals surface area (Å²) >= 11 is 0. The monoisotopic (exact) mass is 784 g/mol. The number of hydrogen-bond acceptors (Lipinski definition) is 4. The van der Waals surface area contributed by atoms with Gasteiger partial charge in [0.1, 0.15) is 0 Å². The molecule has 60 heavy (non-hydrogen) atoms. The summed E-state index contributed by atoms with van der Waals surface area (Å²) in [5, 5.41) is 0. The van der Waals surface area contributed by atoms with Gasteiger partial charge in [-0.1, -0.05) is 147 Å². The van der Waals surface area contributed by atoms with Crippen molar-refractivity contribution in [1.29, 1.82) is 0 Å². The van der Waals surface area contributed by atoms with Crippen LogP contribution in [-0.2, 0) is 22.7 Å². The molecule has 0 aliphatic heterocycles. The van der Waals surface area contributed by atoms with Crippen LogP contribution >= 0.6 is 0 Å². The van der Waals surface area contributed by atoms with E-state index in [1.165, 1.54) is 33.4 Å². The fraction of sp³-hybridized carbons (Fsp3) is 0.143. The van der Waals surface area contributed by atoms with Crippen molar-refractivity contribution in [3.63, 3.8) is 0 Å². The molecule has 0 radical (unpaired) electrons. The van der Waals surface area contributed by atoms with Gasteiger partial charge < -0.3 is 19.3 Å². The number of ether oxygens (including phenoxy) is 2. The zero-order valence-corrected chi connectivity index (χ0v) is 34.6. The summed E-state index contributed by atoms with van der Waals surface area (Å²) in [4.78, 5) is 4.64. The summed E-state index contributed by atoms with van der Waals surface area (Å²) < 4.78 is 11.7. The van der Waals surface area contributed by atoms with Crippen LogP contribution in [0.2, 0.25) is 0 Å². The van der Waals surface area contributed by atoms with Gasteiger partial charge in [0, 0.05) is 47.3 Å². The Kier molecular flexibility index (Phi) is 13.2. The molecule has 0 heterocycles. The summed E-state index contributed by atoms with van der Waals surface area (Å²) in [5.41, 5.74) is 16.0. The number of hydrogen-bond donors (Lipinski definition) is 0. The molecule has 8 aromatic carbocycles. The molecule has 0 N–H and O–H groups in total. The van der Waals surface area contributed by atoms with E-state index in [0.717, 1.165) is 71.3 Å². The molecule has 8 rings (SSSR count). The molecule has 0 saturated carbocycles. The van der Waals surface area contributed by atoms with E-state index in [4.69, 9.17) is 9.47 Å². The van der Waals surface area contributed by atoms with E-state index in [1.807, 2.05) is 0 Å². The van der Waals surface area contributed by atoms with Crippen LogP contribution < -0.4 is 9.80 Å². The fourth-order valence-electron chi connectivity index (χ4n) is 7.52. The second-order valence-electron chi connectivity index (χ2n) is 15.0. The molecule has 0 bridgehead atoms. The van der Waals surface area contributed by atoms with Crippen LogP contribution in [-0.4, -0.2) is 13.2 Å². The van der Waals surface area contributed by atoms with E-state index in [1.54, 1.807) is 0 Å². The Hall–Kier alpha value is -6.72. The molecule has 0 aliphatic rings. The van der Waals surface area contributed by atoms with Gasteiger partial charge in [0.05, 0.1) is 13.2 Å². The molecule has 0 atom stereocenters. The lowest BCUT2D eigenvalue weighted by atomic mass is 10.0. The van der Waals surface area contributed by atoms with Crippen molar-refractivity contribution in [2.75, 3.05) is 23.0 Å². The minimum absolute atomic E-state index is 0.618. The lowest BCUT2D eigenvalue weighted by molar-refractivity contribution is 0.121. The first-order chi connectivity index (χ1) is 29.7. The Balaban J connectivity index is 1.07.